The first-order valence-electron chi connectivity index (χ1n) is 7.27. The normalized spacial score (nSPS) is 15.9. The van der Waals surface area contributed by atoms with Gasteiger partial charge >= 0.3 is 5.97 Å². The van der Waals surface area contributed by atoms with Crippen molar-refractivity contribution in [2.45, 2.75) is 39.2 Å². The molecular formula is C16H22O5. The summed E-state index contributed by atoms with van der Waals surface area (Å²) in [6, 6.07) is 5.28. The lowest BCUT2D eigenvalue weighted by molar-refractivity contribution is -0.148. The number of hydrogen-bond acceptors (Lipinski definition) is 5. The van der Waals surface area contributed by atoms with Gasteiger partial charge in [0.05, 0.1) is 12.7 Å². The Hall–Kier alpha value is -1.75. The van der Waals surface area contributed by atoms with Gasteiger partial charge in [0, 0.05) is 0 Å². The second-order valence-corrected chi connectivity index (χ2v) is 5.54. The van der Waals surface area contributed by atoms with Crippen LogP contribution >= 0.6 is 0 Å². The number of rotatable bonds is 6. The van der Waals surface area contributed by atoms with Crippen LogP contribution in [0.2, 0.25) is 0 Å². The average molecular weight is 294 g/mol. The number of aliphatic hydroxyl groups is 1. The fourth-order valence-corrected chi connectivity index (χ4v) is 2.47. The Bertz CT molecular complexity index is 497. The van der Waals surface area contributed by atoms with E-state index in [4.69, 9.17) is 14.2 Å². The van der Waals surface area contributed by atoms with Gasteiger partial charge in [-0.2, -0.15) is 0 Å². The first-order valence-corrected chi connectivity index (χ1v) is 7.27. The molecule has 1 aliphatic rings. The van der Waals surface area contributed by atoms with E-state index in [-0.39, 0.29) is 19.3 Å². The van der Waals surface area contributed by atoms with Crippen LogP contribution in [0.5, 0.6) is 11.5 Å². The van der Waals surface area contributed by atoms with E-state index in [0.717, 1.165) is 0 Å². The molecular weight excluding hydrogens is 272 g/mol. The molecule has 0 saturated heterocycles. The van der Waals surface area contributed by atoms with Crippen molar-refractivity contribution in [1.82, 2.24) is 0 Å². The number of aliphatic hydroxyl groups excluding tert-OH is 1. The zero-order chi connectivity index (χ0) is 15.4. The first-order chi connectivity index (χ1) is 10.0. The topological polar surface area (TPSA) is 65.0 Å². The summed E-state index contributed by atoms with van der Waals surface area (Å²) in [7, 11) is 0. The third-order valence-electron chi connectivity index (χ3n) is 3.39. The maximum absolute atomic E-state index is 12.2. The molecule has 116 valence electrons. The zero-order valence-corrected chi connectivity index (χ0v) is 12.7. The highest BCUT2D eigenvalue weighted by Crippen LogP contribution is 2.36. The summed E-state index contributed by atoms with van der Waals surface area (Å²) in [6.45, 7) is 6.23. The molecule has 0 spiro atoms. The molecule has 2 atom stereocenters. The number of fused-ring (bicyclic) bond motifs is 1. The number of carbonyl (C=O) groups is 1. The third kappa shape index (κ3) is 3.67. The van der Waals surface area contributed by atoms with Crippen molar-refractivity contribution >= 4 is 5.97 Å². The van der Waals surface area contributed by atoms with E-state index in [1.807, 2.05) is 13.8 Å². The number of hydrogen-bond donors (Lipinski definition) is 1. The highest BCUT2D eigenvalue weighted by molar-refractivity contribution is 5.79. The van der Waals surface area contributed by atoms with Gasteiger partial charge in [-0.3, -0.25) is 4.79 Å². The van der Waals surface area contributed by atoms with Gasteiger partial charge in [0.2, 0.25) is 6.79 Å². The molecule has 0 aromatic heterocycles. The molecule has 1 heterocycles. The van der Waals surface area contributed by atoms with E-state index < -0.39 is 18.0 Å². The van der Waals surface area contributed by atoms with Crippen molar-refractivity contribution in [3.8, 4) is 11.5 Å². The number of carbonyl (C=O) groups excluding carboxylic acids is 1. The maximum atomic E-state index is 12.2. The lowest BCUT2D eigenvalue weighted by Crippen LogP contribution is -2.29. The molecule has 0 bridgehead atoms. The quantitative estimate of drug-likeness (QED) is 0.816. The Morgan fingerprint density at radius 1 is 1.33 bits per heavy atom. The lowest BCUT2D eigenvalue weighted by atomic mass is 9.88. The lowest BCUT2D eigenvalue weighted by Gasteiger charge is -2.23. The van der Waals surface area contributed by atoms with Gasteiger partial charge in [-0.05, 0) is 37.0 Å². The van der Waals surface area contributed by atoms with Gasteiger partial charge < -0.3 is 19.3 Å². The van der Waals surface area contributed by atoms with Gasteiger partial charge in [0.25, 0.3) is 0 Å². The van der Waals surface area contributed by atoms with Crippen LogP contribution < -0.4 is 9.47 Å². The first kappa shape index (κ1) is 15.6. The maximum Gasteiger partial charge on any atom is 0.316 e. The molecule has 0 fully saturated rings. The minimum Gasteiger partial charge on any atom is -0.465 e. The van der Waals surface area contributed by atoms with E-state index in [9.17, 15) is 9.90 Å². The largest absolute Gasteiger partial charge is 0.465 e. The van der Waals surface area contributed by atoms with Crippen LogP contribution in [0.3, 0.4) is 0 Å². The number of ether oxygens (including phenoxy) is 3. The van der Waals surface area contributed by atoms with Crippen molar-refractivity contribution in [2.24, 2.45) is 5.92 Å². The van der Waals surface area contributed by atoms with Crippen LogP contribution in [-0.2, 0) is 9.53 Å². The standard InChI is InChI=1S/C16H22O5/c1-4-19-16(18)15(12(17)7-10(2)3)11-5-6-13-14(8-11)21-9-20-13/h5-6,8,10,12,15,17H,4,7,9H2,1-3H3. The molecule has 5 heteroatoms. The molecule has 5 nitrogen and oxygen atoms in total. The molecule has 1 aromatic rings. The molecule has 1 N–H and O–H groups in total. The van der Waals surface area contributed by atoms with Crippen LogP contribution in [0.4, 0.5) is 0 Å². The zero-order valence-electron chi connectivity index (χ0n) is 12.7. The van der Waals surface area contributed by atoms with Crippen LogP contribution in [0.15, 0.2) is 18.2 Å². The van der Waals surface area contributed by atoms with Crippen molar-refractivity contribution in [3.05, 3.63) is 23.8 Å². The fraction of sp³-hybridized carbons (Fsp3) is 0.562. The Morgan fingerprint density at radius 2 is 2.05 bits per heavy atom. The van der Waals surface area contributed by atoms with E-state index in [1.54, 1.807) is 25.1 Å². The summed E-state index contributed by atoms with van der Waals surface area (Å²) >= 11 is 0. The summed E-state index contributed by atoms with van der Waals surface area (Å²) in [5, 5.41) is 10.4. The van der Waals surface area contributed by atoms with Gasteiger partial charge in [-0.15, -0.1) is 0 Å². The molecule has 0 aliphatic carbocycles. The summed E-state index contributed by atoms with van der Waals surface area (Å²) in [6.07, 6.45) is -0.262. The van der Waals surface area contributed by atoms with Crippen molar-refractivity contribution in [1.29, 1.82) is 0 Å². The predicted octanol–water partition coefficient (Wildman–Crippen LogP) is 2.47. The molecule has 2 rings (SSSR count). The van der Waals surface area contributed by atoms with Crippen LogP contribution in [0.1, 0.15) is 38.7 Å². The van der Waals surface area contributed by atoms with E-state index >= 15 is 0 Å². The van der Waals surface area contributed by atoms with Gasteiger partial charge in [0.15, 0.2) is 11.5 Å². The van der Waals surface area contributed by atoms with Crippen molar-refractivity contribution in [3.63, 3.8) is 0 Å². The molecule has 0 saturated carbocycles. The molecule has 21 heavy (non-hydrogen) atoms. The summed E-state index contributed by atoms with van der Waals surface area (Å²) in [5.74, 6) is 0.413. The average Bonchev–Trinajstić information content (AvgIpc) is 2.85. The highest BCUT2D eigenvalue weighted by Gasteiger charge is 2.31. The monoisotopic (exact) mass is 294 g/mol. The minimum absolute atomic E-state index is 0.178. The van der Waals surface area contributed by atoms with Gasteiger partial charge in [-0.25, -0.2) is 0 Å². The fourth-order valence-electron chi connectivity index (χ4n) is 2.47. The second kappa shape index (κ2) is 6.80. The summed E-state index contributed by atoms with van der Waals surface area (Å²) in [4.78, 5) is 12.2. The van der Waals surface area contributed by atoms with Crippen molar-refractivity contribution < 1.29 is 24.1 Å². The molecule has 0 amide bonds. The van der Waals surface area contributed by atoms with Gasteiger partial charge in [-0.1, -0.05) is 19.9 Å². The molecule has 2 unspecified atom stereocenters. The summed E-state index contributed by atoms with van der Waals surface area (Å²) < 4.78 is 15.7. The Morgan fingerprint density at radius 3 is 2.71 bits per heavy atom. The molecule has 1 aliphatic heterocycles. The van der Waals surface area contributed by atoms with Crippen molar-refractivity contribution in [2.75, 3.05) is 13.4 Å². The number of benzene rings is 1. The summed E-state index contributed by atoms with van der Waals surface area (Å²) in [5.41, 5.74) is 0.686. The Kier molecular flexibility index (Phi) is 5.07. The van der Waals surface area contributed by atoms with E-state index in [1.165, 1.54) is 0 Å². The molecule has 0 radical (unpaired) electrons. The second-order valence-electron chi connectivity index (χ2n) is 5.54. The Labute approximate surface area is 124 Å². The predicted molar refractivity (Wildman–Crippen MR) is 77.4 cm³/mol. The highest BCUT2D eigenvalue weighted by atomic mass is 16.7. The van der Waals surface area contributed by atoms with Crippen LogP contribution in [0, 0.1) is 5.92 Å². The minimum atomic E-state index is -0.788. The van der Waals surface area contributed by atoms with Gasteiger partial charge in [0.1, 0.15) is 5.92 Å². The van der Waals surface area contributed by atoms with E-state index in [2.05, 4.69) is 0 Å². The molecule has 1 aromatic carbocycles. The van der Waals surface area contributed by atoms with Crippen LogP contribution in [-0.4, -0.2) is 30.6 Å². The number of esters is 1. The SMILES string of the molecule is CCOC(=O)C(c1ccc2c(c1)OCO2)C(O)CC(C)C. The van der Waals surface area contributed by atoms with Crippen LogP contribution in [0.25, 0.3) is 0 Å². The third-order valence-corrected chi connectivity index (χ3v) is 3.39. The van der Waals surface area contributed by atoms with E-state index in [0.29, 0.717) is 23.5 Å². The Balaban J connectivity index is 2.27. The smallest absolute Gasteiger partial charge is 0.316 e.